The average molecular weight is 270 g/mol. The highest BCUT2D eigenvalue weighted by Gasteiger charge is 2.34. The highest BCUT2D eigenvalue weighted by Crippen LogP contribution is 2.47. The second kappa shape index (κ2) is 6.43. The largest absolute Gasteiger partial charge is 0.0733 e. The molecule has 0 heteroatoms. The summed E-state index contributed by atoms with van der Waals surface area (Å²) in [6, 6.07) is 6.85. The minimum absolute atomic E-state index is 0.141. The molecule has 1 aromatic carbocycles. The van der Waals surface area contributed by atoms with E-state index in [1.165, 1.54) is 33.4 Å². The monoisotopic (exact) mass is 270 g/mol. The van der Waals surface area contributed by atoms with Crippen LogP contribution in [0.3, 0.4) is 0 Å². The van der Waals surface area contributed by atoms with Gasteiger partial charge in [0.1, 0.15) is 0 Å². The standard InChI is InChI=1S/C18H24.C2H6/c1-7-12(2)10-16-14(4)15-9-8-13(3)11-17(15)18(16,5)6;1-2/h8-11H,7H2,1-6H3;1-2H3/b12-10-;. The van der Waals surface area contributed by atoms with Gasteiger partial charge in [0.25, 0.3) is 0 Å². The first-order valence-electron chi connectivity index (χ1n) is 7.88. The maximum absolute atomic E-state index is 2.39. The van der Waals surface area contributed by atoms with E-state index < -0.39 is 0 Å². The van der Waals surface area contributed by atoms with Crippen molar-refractivity contribution in [1.29, 1.82) is 0 Å². The van der Waals surface area contributed by atoms with E-state index in [0.717, 1.165) is 6.42 Å². The van der Waals surface area contributed by atoms with E-state index in [4.69, 9.17) is 0 Å². The molecule has 0 saturated heterocycles. The molecule has 0 unspecified atom stereocenters. The van der Waals surface area contributed by atoms with Crippen LogP contribution in [0.15, 0.2) is 35.4 Å². The number of hydrogen-bond acceptors (Lipinski definition) is 0. The van der Waals surface area contributed by atoms with Crippen LogP contribution >= 0.6 is 0 Å². The minimum Gasteiger partial charge on any atom is -0.0733 e. The van der Waals surface area contributed by atoms with Crippen molar-refractivity contribution in [2.45, 2.75) is 67.2 Å². The van der Waals surface area contributed by atoms with Crippen LogP contribution < -0.4 is 0 Å². The number of aryl methyl sites for hydroxylation is 1. The van der Waals surface area contributed by atoms with Crippen molar-refractivity contribution < 1.29 is 0 Å². The molecule has 1 aliphatic rings. The first-order chi connectivity index (χ1) is 9.37. The Morgan fingerprint density at radius 1 is 1.15 bits per heavy atom. The van der Waals surface area contributed by atoms with Crippen LogP contribution in [0.4, 0.5) is 0 Å². The molecule has 1 aliphatic carbocycles. The quantitative estimate of drug-likeness (QED) is 0.580. The zero-order valence-electron chi connectivity index (χ0n) is 14.5. The normalized spacial score (nSPS) is 16.7. The third-order valence-corrected chi connectivity index (χ3v) is 4.28. The van der Waals surface area contributed by atoms with Crippen molar-refractivity contribution >= 4 is 5.57 Å². The molecule has 0 aromatic heterocycles. The second-order valence-electron chi connectivity index (χ2n) is 6.06. The van der Waals surface area contributed by atoms with Gasteiger partial charge in [0.05, 0.1) is 0 Å². The van der Waals surface area contributed by atoms with Gasteiger partial charge in [0, 0.05) is 5.41 Å². The van der Waals surface area contributed by atoms with Crippen LogP contribution in [-0.2, 0) is 5.41 Å². The zero-order chi connectivity index (χ0) is 15.5. The Bertz CT molecular complexity index is 539. The van der Waals surface area contributed by atoms with E-state index in [9.17, 15) is 0 Å². The summed E-state index contributed by atoms with van der Waals surface area (Å²) in [4.78, 5) is 0. The van der Waals surface area contributed by atoms with Gasteiger partial charge in [0.2, 0.25) is 0 Å². The summed E-state index contributed by atoms with van der Waals surface area (Å²) in [5.74, 6) is 0. The fraction of sp³-hybridized carbons (Fsp3) is 0.500. The molecule has 0 amide bonds. The van der Waals surface area contributed by atoms with Gasteiger partial charge in [-0.25, -0.2) is 0 Å². The molecule has 0 bridgehead atoms. The molecule has 0 atom stereocenters. The Morgan fingerprint density at radius 2 is 1.75 bits per heavy atom. The smallest absolute Gasteiger partial charge is 0.0155 e. The van der Waals surface area contributed by atoms with E-state index in [-0.39, 0.29) is 5.41 Å². The molecule has 0 fully saturated rings. The van der Waals surface area contributed by atoms with Gasteiger partial charge >= 0.3 is 0 Å². The van der Waals surface area contributed by atoms with E-state index >= 15 is 0 Å². The van der Waals surface area contributed by atoms with Crippen LogP contribution in [0.1, 0.15) is 71.6 Å². The molecule has 0 spiro atoms. The minimum atomic E-state index is 0.141. The maximum atomic E-state index is 2.39. The van der Waals surface area contributed by atoms with Crippen LogP contribution in [0.2, 0.25) is 0 Å². The molecule has 0 heterocycles. The Balaban J connectivity index is 0.000000956. The van der Waals surface area contributed by atoms with Crippen LogP contribution in [-0.4, -0.2) is 0 Å². The Kier molecular flexibility index (Phi) is 5.39. The molecule has 0 aliphatic heterocycles. The molecule has 110 valence electrons. The number of rotatable bonds is 2. The molecule has 0 nitrogen and oxygen atoms in total. The van der Waals surface area contributed by atoms with Crippen LogP contribution in [0.25, 0.3) is 5.57 Å². The van der Waals surface area contributed by atoms with Gasteiger partial charge in [0.15, 0.2) is 0 Å². The van der Waals surface area contributed by atoms with Gasteiger partial charge in [-0.2, -0.15) is 0 Å². The first kappa shape index (κ1) is 16.8. The Hall–Kier alpha value is -1.30. The third-order valence-electron chi connectivity index (χ3n) is 4.28. The first-order valence-corrected chi connectivity index (χ1v) is 7.88. The number of allylic oxidation sites excluding steroid dienone is 4. The molecular formula is C20H30. The Morgan fingerprint density at radius 3 is 2.30 bits per heavy atom. The summed E-state index contributed by atoms with van der Waals surface area (Å²) < 4.78 is 0. The summed E-state index contributed by atoms with van der Waals surface area (Å²) in [5.41, 5.74) is 8.80. The summed E-state index contributed by atoms with van der Waals surface area (Å²) in [6.45, 7) is 17.6. The summed E-state index contributed by atoms with van der Waals surface area (Å²) in [7, 11) is 0. The maximum Gasteiger partial charge on any atom is 0.0155 e. The van der Waals surface area contributed by atoms with Crippen molar-refractivity contribution in [2.24, 2.45) is 0 Å². The molecule has 1 aromatic rings. The lowest BCUT2D eigenvalue weighted by Crippen LogP contribution is -2.16. The second-order valence-corrected chi connectivity index (χ2v) is 6.06. The van der Waals surface area contributed by atoms with Crippen molar-refractivity contribution in [1.82, 2.24) is 0 Å². The lowest BCUT2D eigenvalue weighted by Gasteiger charge is -2.23. The summed E-state index contributed by atoms with van der Waals surface area (Å²) >= 11 is 0. The van der Waals surface area contributed by atoms with E-state index in [1.807, 2.05) is 13.8 Å². The van der Waals surface area contributed by atoms with E-state index in [1.54, 1.807) is 0 Å². The van der Waals surface area contributed by atoms with Gasteiger partial charge < -0.3 is 0 Å². The molecule has 20 heavy (non-hydrogen) atoms. The average Bonchev–Trinajstić information content (AvgIpc) is 2.62. The molecule has 0 saturated carbocycles. The molecular weight excluding hydrogens is 240 g/mol. The van der Waals surface area contributed by atoms with Gasteiger partial charge in [-0.1, -0.05) is 70.0 Å². The predicted molar refractivity (Wildman–Crippen MR) is 92.2 cm³/mol. The predicted octanol–water partition coefficient (Wildman–Crippen LogP) is 6.44. The fourth-order valence-electron chi connectivity index (χ4n) is 2.90. The molecule has 0 radical (unpaired) electrons. The van der Waals surface area contributed by atoms with Crippen molar-refractivity contribution in [3.8, 4) is 0 Å². The highest BCUT2D eigenvalue weighted by molar-refractivity contribution is 5.81. The van der Waals surface area contributed by atoms with Crippen molar-refractivity contribution in [3.05, 3.63) is 52.1 Å². The van der Waals surface area contributed by atoms with Crippen LogP contribution in [0.5, 0.6) is 0 Å². The lowest BCUT2D eigenvalue weighted by molar-refractivity contribution is 0.652. The van der Waals surface area contributed by atoms with Gasteiger partial charge in [-0.3, -0.25) is 0 Å². The van der Waals surface area contributed by atoms with Gasteiger partial charge in [-0.05, 0) is 49.5 Å². The van der Waals surface area contributed by atoms with E-state index in [2.05, 4.69) is 65.8 Å². The van der Waals surface area contributed by atoms with Crippen LogP contribution in [0, 0.1) is 6.92 Å². The molecule has 2 rings (SSSR count). The zero-order valence-corrected chi connectivity index (χ0v) is 14.5. The topological polar surface area (TPSA) is 0 Å². The van der Waals surface area contributed by atoms with Crippen molar-refractivity contribution in [3.63, 3.8) is 0 Å². The fourth-order valence-corrected chi connectivity index (χ4v) is 2.90. The Labute approximate surface area is 125 Å². The lowest BCUT2D eigenvalue weighted by atomic mass is 9.80. The molecule has 0 N–H and O–H groups in total. The third kappa shape index (κ3) is 2.90. The summed E-state index contributed by atoms with van der Waals surface area (Å²) in [5, 5.41) is 0. The number of fused-ring (bicyclic) bond motifs is 1. The van der Waals surface area contributed by atoms with E-state index in [0.29, 0.717) is 0 Å². The highest BCUT2D eigenvalue weighted by atomic mass is 14.4. The SMILES string of the molecule is CC.CC/C(C)=C\C1=C(C)c2ccc(C)cc2C1(C)C. The summed E-state index contributed by atoms with van der Waals surface area (Å²) in [6.07, 6.45) is 3.52. The number of hydrogen-bond donors (Lipinski definition) is 0. The van der Waals surface area contributed by atoms with Crippen molar-refractivity contribution in [2.75, 3.05) is 0 Å². The number of benzene rings is 1. The van der Waals surface area contributed by atoms with Gasteiger partial charge in [-0.15, -0.1) is 0 Å².